The Morgan fingerprint density at radius 3 is 2.74 bits per heavy atom. The van der Waals surface area contributed by atoms with Crippen LogP contribution in [-0.2, 0) is 4.79 Å². The lowest BCUT2D eigenvalue weighted by atomic mass is 10.2. The molecule has 0 saturated heterocycles. The molecule has 0 aliphatic rings. The number of hydrazone groups is 1. The zero-order chi connectivity index (χ0) is 16.7. The van der Waals surface area contributed by atoms with E-state index in [0.717, 1.165) is 19.8 Å². The number of thioether (sulfide) groups is 1. The van der Waals surface area contributed by atoms with E-state index in [1.54, 1.807) is 25.5 Å². The number of carbonyl (C=O) groups is 1. The minimum Gasteiger partial charge on any atom is -0.496 e. The Morgan fingerprint density at radius 1 is 1.35 bits per heavy atom. The maximum Gasteiger partial charge on any atom is 0.250 e. The van der Waals surface area contributed by atoms with Gasteiger partial charge in [-0.05, 0) is 70.6 Å². The maximum atomic E-state index is 11.7. The molecule has 0 saturated carbocycles. The molecule has 1 N–H and O–H groups in total. The summed E-state index contributed by atoms with van der Waals surface area (Å²) in [5.74, 6) is 0.939. The average Bonchev–Trinajstić information content (AvgIpc) is 2.54. The van der Waals surface area contributed by atoms with Crippen LogP contribution >= 0.6 is 46.0 Å². The molecule has 2 aromatic rings. The molecule has 0 bridgehead atoms. The summed E-state index contributed by atoms with van der Waals surface area (Å²) in [5.41, 5.74) is 3.40. The van der Waals surface area contributed by atoms with Crippen molar-refractivity contribution >= 4 is 58.1 Å². The Morgan fingerprint density at radius 2 is 2.09 bits per heavy atom. The summed E-state index contributed by atoms with van der Waals surface area (Å²) >= 11 is 9.43. The fourth-order valence-corrected chi connectivity index (χ4v) is 3.23. The van der Waals surface area contributed by atoms with Crippen LogP contribution in [0.25, 0.3) is 0 Å². The molecule has 0 unspecified atom stereocenters. The van der Waals surface area contributed by atoms with Gasteiger partial charge in [-0.25, -0.2) is 5.43 Å². The number of benzene rings is 2. The van der Waals surface area contributed by atoms with Gasteiger partial charge in [0.2, 0.25) is 5.91 Å². The van der Waals surface area contributed by atoms with Crippen molar-refractivity contribution in [3.05, 3.63) is 56.6 Å². The van der Waals surface area contributed by atoms with Gasteiger partial charge in [-0.1, -0.05) is 11.6 Å². The van der Waals surface area contributed by atoms with Crippen LogP contribution in [0.4, 0.5) is 0 Å². The van der Waals surface area contributed by atoms with Gasteiger partial charge in [0.1, 0.15) is 5.75 Å². The van der Waals surface area contributed by atoms with Gasteiger partial charge in [-0.3, -0.25) is 4.79 Å². The number of rotatable bonds is 6. The second kappa shape index (κ2) is 9.14. The van der Waals surface area contributed by atoms with Crippen molar-refractivity contribution in [2.24, 2.45) is 5.10 Å². The summed E-state index contributed by atoms with van der Waals surface area (Å²) in [6, 6.07) is 13.0. The molecule has 0 aliphatic heterocycles. The van der Waals surface area contributed by atoms with Crippen molar-refractivity contribution in [3.8, 4) is 5.75 Å². The summed E-state index contributed by atoms with van der Waals surface area (Å²) in [7, 11) is 1.63. The van der Waals surface area contributed by atoms with Gasteiger partial charge >= 0.3 is 0 Å². The minimum atomic E-state index is -0.163. The second-order valence-electron chi connectivity index (χ2n) is 4.43. The van der Waals surface area contributed by atoms with Crippen LogP contribution in [0.3, 0.4) is 0 Å². The van der Waals surface area contributed by atoms with Gasteiger partial charge in [0.05, 0.1) is 22.6 Å². The molecule has 0 aromatic heterocycles. The van der Waals surface area contributed by atoms with E-state index in [0.29, 0.717) is 10.8 Å². The SMILES string of the molecule is COc1ccc(/C=N\NC(=O)CSc2ccc(Cl)cc2)cc1I. The summed E-state index contributed by atoms with van der Waals surface area (Å²) in [6.45, 7) is 0. The fraction of sp³-hybridized carbons (Fsp3) is 0.125. The molecule has 0 spiro atoms. The summed E-state index contributed by atoms with van der Waals surface area (Å²) in [4.78, 5) is 12.7. The summed E-state index contributed by atoms with van der Waals surface area (Å²) < 4.78 is 6.18. The molecule has 23 heavy (non-hydrogen) atoms. The van der Waals surface area contributed by atoms with Crippen LogP contribution < -0.4 is 10.2 Å². The highest BCUT2D eigenvalue weighted by Crippen LogP contribution is 2.21. The third-order valence-electron chi connectivity index (χ3n) is 2.76. The van der Waals surface area contributed by atoms with E-state index in [2.05, 4.69) is 33.1 Å². The molecule has 4 nitrogen and oxygen atoms in total. The summed E-state index contributed by atoms with van der Waals surface area (Å²) in [5, 5.41) is 4.64. The van der Waals surface area contributed by atoms with Crippen LogP contribution in [0.5, 0.6) is 5.75 Å². The Kier molecular flexibility index (Phi) is 7.19. The third-order valence-corrected chi connectivity index (χ3v) is 4.87. The number of methoxy groups -OCH3 is 1. The number of amides is 1. The monoisotopic (exact) mass is 460 g/mol. The maximum absolute atomic E-state index is 11.7. The Bertz CT molecular complexity index is 708. The van der Waals surface area contributed by atoms with E-state index in [9.17, 15) is 4.79 Å². The number of halogens is 2. The van der Waals surface area contributed by atoms with Gasteiger partial charge in [0, 0.05) is 9.92 Å². The van der Waals surface area contributed by atoms with Gasteiger partial charge in [-0.2, -0.15) is 5.10 Å². The molecule has 7 heteroatoms. The Balaban J connectivity index is 1.81. The molecule has 0 fully saturated rings. The first kappa shape index (κ1) is 18.1. The van der Waals surface area contributed by atoms with Crippen molar-refractivity contribution in [3.63, 3.8) is 0 Å². The number of carbonyl (C=O) groups excluding carboxylic acids is 1. The van der Waals surface area contributed by atoms with Crippen molar-refractivity contribution in [2.45, 2.75) is 4.90 Å². The first-order chi connectivity index (χ1) is 11.1. The Labute approximate surface area is 157 Å². The normalized spacial score (nSPS) is 10.7. The number of hydrogen-bond acceptors (Lipinski definition) is 4. The van der Waals surface area contributed by atoms with Crippen molar-refractivity contribution in [2.75, 3.05) is 12.9 Å². The van der Waals surface area contributed by atoms with Gasteiger partial charge in [-0.15, -0.1) is 11.8 Å². The number of nitrogens with zero attached hydrogens (tertiary/aromatic N) is 1. The zero-order valence-corrected chi connectivity index (χ0v) is 16.0. The molecular weight excluding hydrogens is 447 g/mol. The van der Waals surface area contributed by atoms with Gasteiger partial charge in [0.25, 0.3) is 0 Å². The van der Waals surface area contributed by atoms with Crippen molar-refractivity contribution in [1.82, 2.24) is 5.43 Å². The molecule has 0 aliphatic carbocycles. The minimum absolute atomic E-state index is 0.163. The highest BCUT2D eigenvalue weighted by atomic mass is 127. The van der Waals surface area contributed by atoms with E-state index < -0.39 is 0 Å². The van der Waals surface area contributed by atoms with E-state index >= 15 is 0 Å². The smallest absolute Gasteiger partial charge is 0.250 e. The lowest BCUT2D eigenvalue weighted by molar-refractivity contribution is -0.118. The lowest BCUT2D eigenvalue weighted by Gasteiger charge is -2.03. The Hall–Kier alpha value is -1.25. The average molecular weight is 461 g/mol. The van der Waals surface area contributed by atoms with E-state index in [4.69, 9.17) is 16.3 Å². The van der Waals surface area contributed by atoms with Crippen LogP contribution in [0, 0.1) is 3.57 Å². The largest absolute Gasteiger partial charge is 0.496 e. The first-order valence-corrected chi connectivity index (χ1v) is 9.06. The van der Waals surface area contributed by atoms with Crippen LogP contribution in [0.2, 0.25) is 5.02 Å². The van der Waals surface area contributed by atoms with Crippen LogP contribution in [-0.4, -0.2) is 25.0 Å². The number of ether oxygens (including phenoxy) is 1. The quantitative estimate of drug-likeness (QED) is 0.304. The molecule has 0 heterocycles. The van der Waals surface area contributed by atoms with Gasteiger partial charge < -0.3 is 4.74 Å². The molecular formula is C16H14ClIN2O2S. The topological polar surface area (TPSA) is 50.7 Å². The summed E-state index contributed by atoms with van der Waals surface area (Å²) in [6.07, 6.45) is 1.60. The molecule has 120 valence electrons. The van der Waals surface area contributed by atoms with Crippen molar-refractivity contribution < 1.29 is 9.53 Å². The number of hydrogen-bond donors (Lipinski definition) is 1. The number of nitrogens with one attached hydrogen (secondary N) is 1. The molecule has 0 atom stereocenters. The second-order valence-corrected chi connectivity index (χ2v) is 7.08. The highest BCUT2D eigenvalue weighted by Gasteiger charge is 2.02. The van der Waals surface area contributed by atoms with E-state index in [-0.39, 0.29) is 5.91 Å². The standard InChI is InChI=1S/C16H14ClIN2O2S/c1-22-15-7-2-11(8-14(15)18)9-19-20-16(21)10-23-13-5-3-12(17)4-6-13/h2-9H,10H2,1H3,(H,20,21)/b19-9-. The highest BCUT2D eigenvalue weighted by molar-refractivity contribution is 14.1. The van der Waals surface area contributed by atoms with E-state index in [1.165, 1.54) is 11.8 Å². The predicted molar refractivity (Wildman–Crippen MR) is 104 cm³/mol. The molecule has 2 aromatic carbocycles. The van der Waals surface area contributed by atoms with Gasteiger partial charge in [0.15, 0.2) is 0 Å². The van der Waals surface area contributed by atoms with Crippen LogP contribution in [0.15, 0.2) is 52.5 Å². The third kappa shape index (κ3) is 6.04. The predicted octanol–water partition coefficient (Wildman–Crippen LogP) is 4.20. The first-order valence-electron chi connectivity index (χ1n) is 6.62. The fourth-order valence-electron chi connectivity index (χ4n) is 1.65. The van der Waals surface area contributed by atoms with Crippen molar-refractivity contribution in [1.29, 1.82) is 0 Å². The molecule has 0 radical (unpaired) electrons. The lowest BCUT2D eigenvalue weighted by Crippen LogP contribution is -2.19. The van der Waals surface area contributed by atoms with E-state index in [1.807, 2.05) is 30.3 Å². The molecule has 2 rings (SSSR count). The zero-order valence-electron chi connectivity index (χ0n) is 12.3. The van der Waals surface area contributed by atoms with Crippen LogP contribution in [0.1, 0.15) is 5.56 Å². The molecule has 1 amide bonds.